The monoisotopic (exact) mass is 256 g/mol. The quantitative estimate of drug-likeness (QED) is 0.820. The van der Waals surface area contributed by atoms with Gasteiger partial charge in [-0.05, 0) is 29.3 Å². The van der Waals surface area contributed by atoms with Gasteiger partial charge >= 0.3 is 0 Å². The molecule has 2 atom stereocenters. The molecule has 0 spiro atoms. The van der Waals surface area contributed by atoms with E-state index in [1.807, 2.05) is 0 Å². The van der Waals surface area contributed by atoms with Crippen molar-refractivity contribution < 1.29 is 0 Å². The summed E-state index contributed by atoms with van der Waals surface area (Å²) in [6.45, 7) is 3.06. The summed E-state index contributed by atoms with van der Waals surface area (Å²) in [4.78, 5) is 10.7. The van der Waals surface area contributed by atoms with Crippen molar-refractivity contribution in [2.75, 3.05) is 11.4 Å². The zero-order valence-electron chi connectivity index (χ0n) is 8.02. The van der Waals surface area contributed by atoms with Gasteiger partial charge in [0.1, 0.15) is 0 Å². The van der Waals surface area contributed by atoms with Crippen LogP contribution < -0.4 is 10.6 Å². The number of halogens is 1. The second-order valence-electron chi connectivity index (χ2n) is 3.59. The van der Waals surface area contributed by atoms with E-state index >= 15 is 0 Å². The highest BCUT2D eigenvalue weighted by atomic mass is 79.9. The van der Waals surface area contributed by atoms with Crippen molar-refractivity contribution >= 4 is 21.9 Å². The molecule has 1 fully saturated rings. The number of anilines is 1. The molecule has 2 heterocycles. The number of hydrogen-bond donors (Lipinski definition) is 1. The van der Waals surface area contributed by atoms with Crippen molar-refractivity contribution in [3.8, 4) is 0 Å². The summed E-state index contributed by atoms with van der Waals surface area (Å²) in [7, 11) is 0. The lowest BCUT2D eigenvalue weighted by molar-refractivity contribution is 0.618. The molecule has 1 aliphatic heterocycles. The second kappa shape index (κ2) is 3.82. The van der Waals surface area contributed by atoms with Crippen LogP contribution in [0.3, 0.4) is 0 Å². The lowest BCUT2D eigenvalue weighted by Gasteiger charge is -2.22. The summed E-state index contributed by atoms with van der Waals surface area (Å²) in [5, 5.41) is 0. The van der Waals surface area contributed by atoms with Gasteiger partial charge in [0.15, 0.2) is 0 Å². The molecule has 0 amide bonds. The van der Waals surface area contributed by atoms with Crippen molar-refractivity contribution in [3.63, 3.8) is 0 Å². The van der Waals surface area contributed by atoms with E-state index in [2.05, 4.69) is 37.7 Å². The Balaban J connectivity index is 2.19. The summed E-state index contributed by atoms with van der Waals surface area (Å²) in [5.74, 6) is 0.772. The van der Waals surface area contributed by atoms with Crippen LogP contribution in [-0.2, 0) is 0 Å². The second-order valence-corrected chi connectivity index (χ2v) is 4.50. The average molecular weight is 257 g/mol. The van der Waals surface area contributed by atoms with Crippen LogP contribution in [0.15, 0.2) is 16.9 Å². The standard InChI is InChI=1S/C9H13BrN4/c1-6-8(11)2-3-14(6)9-12-4-7(10)5-13-9/h4-6,8H,2-3,11H2,1H3. The normalized spacial score (nSPS) is 26.9. The third-order valence-electron chi connectivity index (χ3n) is 2.68. The van der Waals surface area contributed by atoms with E-state index in [0.29, 0.717) is 6.04 Å². The first-order valence-corrected chi connectivity index (χ1v) is 5.47. The summed E-state index contributed by atoms with van der Waals surface area (Å²) in [5.41, 5.74) is 5.93. The van der Waals surface area contributed by atoms with Crippen molar-refractivity contribution in [1.29, 1.82) is 0 Å². The number of nitrogens with two attached hydrogens (primary N) is 1. The van der Waals surface area contributed by atoms with Crippen LogP contribution in [0, 0.1) is 0 Å². The number of rotatable bonds is 1. The molecule has 0 radical (unpaired) electrons. The SMILES string of the molecule is CC1C(N)CCN1c1ncc(Br)cn1. The smallest absolute Gasteiger partial charge is 0.225 e. The zero-order chi connectivity index (χ0) is 10.1. The highest BCUT2D eigenvalue weighted by Crippen LogP contribution is 2.21. The molecule has 2 rings (SSSR count). The molecule has 1 aliphatic rings. The Bertz CT molecular complexity index is 313. The van der Waals surface area contributed by atoms with E-state index in [9.17, 15) is 0 Å². The van der Waals surface area contributed by atoms with Gasteiger partial charge in [-0.2, -0.15) is 0 Å². The minimum absolute atomic E-state index is 0.238. The topological polar surface area (TPSA) is 55.0 Å². The Hall–Kier alpha value is -0.680. The summed E-state index contributed by atoms with van der Waals surface area (Å²) in [6, 6.07) is 0.568. The third kappa shape index (κ3) is 1.74. The van der Waals surface area contributed by atoms with Crippen molar-refractivity contribution in [2.45, 2.75) is 25.4 Å². The maximum Gasteiger partial charge on any atom is 0.225 e. The maximum atomic E-state index is 5.93. The van der Waals surface area contributed by atoms with Crippen LogP contribution in [-0.4, -0.2) is 28.6 Å². The first kappa shape index (κ1) is 9.86. The molecule has 1 aromatic heterocycles. The molecular formula is C9H13BrN4. The van der Waals surface area contributed by atoms with E-state index < -0.39 is 0 Å². The van der Waals surface area contributed by atoms with Crippen LogP contribution in [0.5, 0.6) is 0 Å². The highest BCUT2D eigenvalue weighted by Gasteiger charge is 2.29. The molecule has 2 N–H and O–H groups in total. The van der Waals surface area contributed by atoms with E-state index in [1.54, 1.807) is 12.4 Å². The van der Waals surface area contributed by atoms with E-state index in [1.165, 1.54) is 0 Å². The molecule has 0 aliphatic carbocycles. The summed E-state index contributed by atoms with van der Waals surface area (Å²) < 4.78 is 0.900. The molecule has 1 saturated heterocycles. The Morgan fingerprint density at radius 2 is 2.14 bits per heavy atom. The van der Waals surface area contributed by atoms with E-state index in [4.69, 9.17) is 5.73 Å². The minimum atomic E-state index is 0.238. The predicted molar refractivity (Wildman–Crippen MR) is 59.1 cm³/mol. The highest BCUT2D eigenvalue weighted by molar-refractivity contribution is 9.10. The first-order chi connectivity index (χ1) is 6.68. The van der Waals surface area contributed by atoms with Crippen molar-refractivity contribution in [1.82, 2.24) is 9.97 Å². The zero-order valence-corrected chi connectivity index (χ0v) is 9.61. The van der Waals surface area contributed by atoms with Gasteiger partial charge in [-0.1, -0.05) is 0 Å². The minimum Gasteiger partial charge on any atom is -0.337 e. The van der Waals surface area contributed by atoms with Gasteiger partial charge in [-0.25, -0.2) is 9.97 Å². The maximum absolute atomic E-state index is 5.93. The molecule has 76 valence electrons. The van der Waals surface area contributed by atoms with Gasteiger partial charge in [-0.15, -0.1) is 0 Å². The molecule has 1 aromatic rings. The molecule has 0 bridgehead atoms. The predicted octanol–water partition coefficient (Wildman–Crippen LogP) is 1.16. The Morgan fingerprint density at radius 1 is 1.50 bits per heavy atom. The molecule has 14 heavy (non-hydrogen) atoms. The van der Waals surface area contributed by atoms with Crippen LogP contribution in [0.4, 0.5) is 5.95 Å². The summed E-state index contributed by atoms with van der Waals surface area (Å²) in [6.07, 6.45) is 4.54. The van der Waals surface area contributed by atoms with E-state index in [0.717, 1.165) is 23.4 Å². The van der Waals surface area contributed by atoms with Crippen LogP contribution in [0.25, 0.3) is 0 Å². The van der Waals surface area contributed by atoms with Crippen molar-refractivity contribution in [2.24, 2.45) is 5.73 Å². The van der Waals surface area contributed by atoms with Gasteiger partial charge < -0.3 is 10.6 Å². The number of hydrogen-bond acceptors (Lipinski definition) is 4. The molecule has 5 heteroatoms. The van der Waals surface area contributed by atoms with Crippen LogP contribution in [0.2, 0.25) is 0 Å². The van der Waals surface area contributed by atoms with Gasteiger partial charge in [0.05, 0.1) is 4.47 Å². The van der Waals surface area contributed by atoms with Gasteiger partial charge in [-0.3, -0.25) is 0 Å². The van der Waals surface area contributed by atoms with Gasteiger partial charge in [0, 0.05) is 31.0 Å². The largest absolute Gasteiger partial charge is 0.337 e. The Morgan fingerprint density at radius 3 is 2.64 bits per heavy atom. The molecule has 2 unspecified atom stereocenters. The Labute approximate surface area is 91.7 Å². The van der Waals surface area contributed by atoms with E-state index in [-0.39, 0.29) is 6.04 Å². The fourth-order valence-electron chi connectivity index (χ4n) is 1.70. The lowest BCUT2D eigenvalue weighted by atomic mass is 10.2. The van der Waals surface area contributed by atoms with Crippen LogP contribution >= 0.6 is 15.9 Å². The third-order valence-corrected chi connectivity index (χ3v) is 3.09. The van der Waals surface area contributed by atoms with Crippen molar-refractivity contribution in [3.05, 3.63) is 16.9 Å². The molecular weight excluding hydrogens is 244 g/mol. The lowest BCUT2D eigenvalue weighted by Crippen LogP contribution is -2.37. The molecule has 4 nitrogen and oxygen atoms in total. The number of nitrogens with zero attached hydrogens (tertiary/aromatic N) is 3. The van der Waals surface area contributed by atoms with Crippen LogP contribution in [0.1, 0.15) is 13.3 Å². The fraction of sp³-hybridized carbons (Fsp3) is 0.556. The van der Waals surface area contributed by atoms with Gasteiger partial charge in [0.2, 0.25) is 5.95 Å². The first-order valence-electron chi connectivity index (χ1n) is 4.68. The molecule has 0 saturated carbocycles. The summed E-state index contributed by atoms with van der Waals surface area (Å²) >= 11 is 3.31. The molecule has 0 aromatic carbocycles. The fourth-order valence-corrected chi connectivity index (χ4v) is 1.90. The Kier molecular flexibility index (Phi) is 2.69. The van der Waals surface area contributed by atoms with Gasteiger partial charge in [0.25, 0.3) is 0 Å². The average Bonchev–Trinajstić information content (AvgIpc) is 2.50. The number of aromatic nitrogens is 2.